The number of benzene rings is 5. The lowest BCUT2D eigenvalue weighted by atomic mass is 9.80. The first kappa shape index (κ1) is 34.8. The number of ether oxygens (including phenoxy) is 4. The zero-order valence-electron chi connectivity index (χ0n) is 28.9. The van der Waals surface area contributed by atoms with Crippen molar-refractivity contribution in [3.8, 4) is 34.1 Å². The third-order valence-corrected chi connectivity index (χ3v) is 8.25. The van der Waals surface area contributed by atoms with Crippen molar-refractivity contribution >= 4 is 0 Å². The van der Waals surface area contributed by atoms with Crippen LogP contribution in [0.1, 0.15) is 48.6 Å². The summed E-state index contributed by atoms with van der Waals surface area (Å²) in [4.78, 5) is 0. The Balaban J connectivity index is 0.000000459. The Bertz CT molecular complexity index is 1870. The number of fused-ring (bicyclic) bond motifs is 3. The van der Waals surface area contributed by atoms with E-state index in [1.165, 1.54) is 5.57 Å². The van der Waals surface area contributed by atoms with E-state index in [1.54, 1.807) is 26.4 Å². The van der Waals surface area contributed by atoms with Crippen molar-refractivity contribution in [3.63, 3.8) is 0 Å². The van der Waals surface area contributed by atoms with E-state index in [0.29, 0.717) is 13.2 Å². The Labute approximate surface area is 290 Å². The molecule has 0 spiro atoms. The number of hydrogen-bond donors (Lipinski definition) is 1. The molecule has 0 saturated carbocycles. The van der Waals surface area contributed by atoms with Crippen LogP contribution in [0.3, 0.4) is 0 Å². The molecule has 6 rings (SSSR count). The van der Waals surface area contributed by atoms with Crippen LogP contribution in [-0.4, -0.2) is 19.3 Å². The molecule has 0 saturated heterocycles. The van der Waals surface area contributed by atoms with Gasteiger partial charge in [0.1, 0.15) is 35.2 Å². The largest absolute Gasteiger partial charge is 0.508 e. The van der Waals surface area contributed by atoms with Crippen LogP contribution in [0.2, 0.25) is 0 Å². The molecule has 0 bridgehead atoms. The van der Waals surface area contributed by atoms with Crippen molar-refractivity contribution in [2.45, 2.75) is 39.6 Å². The smallest absolute Gasteiger partial charge is 0.144 e. The van der Waals surface area contributed by atoms with Crippen molar-refractivity contribution in [1.29, 1.82) is 0 Å². The number of allylic oxidation sites excluding steroid dienone is 5. The number of rotatable bonds is 10. The summed E-state index contributed by atoms with van der Waals surface area (Å²) >= 11 is 0. The van der Waals surface area contributed by atoms with E-state index in [2.05, 4.69) is 75.0 Å². The molecule has 5 heteroatoms. The fourth-order valence-corrected chi connectivity index (χ4v) is 5.79. The van der Waals surface area contributed by atoms with Crippen LogP contribution in [0.15, 0.2) is 151 Å². The summed E-state index contributed by atoms with van der Waals surface area (Å²) in [6.07, 6.45) is 6.07. The Kier molecular flexibility index (Phi) is 11.4. The predicted octanol–water partition coefficient (Wildman–Crippen LogP) is 10.6. The van der Waals surface area contributed by atoms with Gasteiger partial charge < -0.3 is 24.1 Å². The first-order valence-electron chi connectivity index (χ1n) is 16.3. The molecule has 0 amide bonds. The summed E-state index contributed by atoms with van der Waals surface area (Å²) in [5.74, 6) is 2.60. The van der Waals surface area contributed by atoms with E-state index >= 15 is 0 Å². The van der Waals surface area contributed by atoms with Gasteiger partial charge in [0, 0.05) is 11.1 Å². The summed E-state index contributed by atoms with van der Waals surface area (Å²) in [6, 6.07) is 37.9. The van der Waals surface area contributed by atoms with Crippen LogP contribution in [0.4, 0.5) is 0 Å². The minimum atomic E-state index is -0.902. The quantitative estimate of drug-likeness (QED) is 0.120. The molecule has 1 N–H and O–H groups in total. The lowest BCUT2D eigenvalue weighted by Crippen LogP contribution is -2.32. The van der Waals surface area contributed by atoms with E-state index in [0.717, 1.165) is 61.8 Å². The summed E-state index contributed by atoms with van der Waals surface area (Å²) in [5, 5.41) is 9.88. The molecule has 250 valence electrons. The lowest BCUT2D eigenvalue weighted by Gasteiger charge is -2.36. The fourth-order valence-electron chi connectivity index (χ4n) is 5.79. The summed E-state index contributed by atoms with van der Waals surface area (Å²) in [6.45, 7) is 10.6. The molecule has 49 heavy (non-hydrogen) atoms. The van der Waals surface area contributed by atoms with Gasteiger partial charge in [-0.2, -0.15) is 0 Å². The Morgan fingerprint density at radius 3 is 1.92 bits per heavy atom. The van der Waals surface area contributed by atoms with Crippen molar-refractivity contribution in [1.82, 2.24) is 0 Å². The predicted molar refractivity (Wildman–Crippen MR) is 198 cm³/mol. The molecule has 5 aromatic carbocycles. The zero-order chi connectivity index (χ0) is 34.8. The second kappa shape index (κ2) is 16.1. The number of hydrogen-bond acceptors (Lipinski definition) is 5. The molecular formula is C44H44O5. The maximum absolute atomic E-state index is 9.88. The van der Waals surface area contributed by atoms with Gasteiger partial charge in [-0.05, 0) is 91.1 Å². The molecule has 0 aromatic heterocycles. The Morgan fingerprint density at radius 2 is 1.35 bits per heavy atom. The summed E-state index contributed by atoms with van der Waals surface area (Å²) < 4.78 is 24.0. The van der Waals surface area contributed by atoms with Crippen LogP contribution in [0, 0.1) is 0 Å². The minimum Gasteiger partial charge on any atom is -0.508 e. The van der Waals surface area contributed by atoms with E-state index in [-0.39, 0.29) is 5.75 Å². The number of phenols is 1. The van der Waals surface area contributed by atoms with E-state index in [4.69, 9.17) is 18.9 Å². The maximum atomic E-state index is 9.88. The van der Waals surface area contributed by atoms with Gasteiger partial charge in [-0.1, -0.05) is 109 Å². The normalized spacial score (nSPS) is 11.7. The van der Waals surface area contributed by atoms with Gasteiger partial charge in [0.25, 0.3) is 0 Å². The Morgan fingerprint density at radius 1 is 0.755 bits per heavy atom. The summed E-state index contributed by atoms with van der Waals surface area (Å²) in [7, 11) is 3.33. The average Bonchev–Trinajstić information content (AvgIpc) is 3.12. The van der Waals surface area contributed by atoms with Crippen LogP contribution >= 0.6 is 0 Å². The molecule has 0 atom stereocenters. The first-order chi connectivity index (χ1) is 23.7. The van der Waals surface area contributed by atoms with E-state index in [9.17, 15) is 5.11 Å². The monoisotopic (exact) mass is 652 g/mol. The van der Waals surface area contributed by atoms with Gasteiger partial charge in [-0.3, -0.25) is 0 Å². The maximum Gasteiger partial charge on any atom is 0.144 e. The molecule has 5 aromatic rings. The van der Waals surface area contributed by atoms with Gasteiger partial charge in [-0.15, -0.1) is 0 Å². The highest BCUT2D eigenvalue weighted by molar-refractivity contribution is 5.76. The second-order valence-corrected chi connectivity index (χ2v) is 12.2. The molecule has 0 unspecified atom stereocenters. The highest BCUT2D eigenvalue weighted by atomic mass is 16.5. The SMILES string of the molecule is C=C(C)/C=C\C=C(C)C.COc1ccc(C(OCc2ccc3c(c2)OCc2cc(O)ccc2-3)(c2ccccc2)c2ccc(OC)cc2)cc1. The van der Waals surface area contributed by atoms with Gasteiger partial charge >= 0.3 is 0 Å². The highest BCUT2D eigenvalue weighted by Crippen LogP contribution is 2.44. The lowest BCUT2D eigenvalue weighted by molar-refractivity contribution is 0.000108. The molecule has 0 fully saturated rings. The van der Waals surface area contributed by atoms with Gasteiger partial charge in [0.15, 0.2) is 0 Å². The highest BCUT2D eigenvalue weighted by Gasteiger charge is 2.38. The first-order valence-corrected chi connectivity index (χ1v) is 16.3. The average molecular weight is 653 g/mol. The molecule has 1 aliphatic heterocycles. The van der Waals surface area contributed by atoms with Crippen molar-refractivity contribution in [3.05, 3.63) is 179 Å². The standard InChI is InChI=1S/C35H30O5.C9H14/c1-37-30-14-9-27(10-15-30)35(26-6-4-3-5-7-26,28-11-16-31(38-2)17-12-28)40-22-24-8-18-33-32-19-13-29(36)21-25(32)23-39-34(33)20-24;1-8(2)6-5-7-9(3)4/h3-21,36H,22-23H2,1-2H3;5-7H,1H2,2-4H3/b;6-5-. The van der Waals surface area contributed by atoms with Gasteiger partial charge in [-0.25, -0.2) is 0 Å². The minimum absolute atomic E-state index is 0.241. The van der Waals surface area contributed by atoms with Gasteiger partial charge in [0.05, 0.1) is 20.8 Å². The van der Waals surface area contributed by atoms with Crippen molar-refractivity contribution in [2.24, 2.45) is 0 Å². The van der Waals surface area contributed by atoms with Crippen LogP contribution in [0.25, 0.3) is 11.1 Å². The number of methoxy groups -OCH3 is 2. The van der Waals surface area contributed by atoms with Crippen LogP contribution in [-0.2, 0) is 23.6 Å². The summed E-state index contributed by atoms with van der Waals surface area (Å²) in [5.41, 5.74) is 8.50. The van der Waals surface area contributed by atoms with Crippen LogP contribution < -0.4 is 14.2 Å². The van der Waals surface area contributed by atoms with Crippen LogP contribution in [0.5, 0.6) is 23.0 Å². The zero-order valence-corrected chi connectivity index (χ0v) is 28.9. The number of phenolic OH excluding ortho intramolecular Hbond substituents is 1. The van der Waals surface area contributed by atoms with Gasteiger partial charge in [0.2, 0.25) is 0 Å². The molecule has 1 aliphatic rings. The molecular weight excluding hydrogens is 608 g/mol. The fraction of sp³-hybridized carbons (Fsp3) is 0.182. The molecule has 0 radical (unpaired) electrons. The molecule has 0 aliphatic carbocycles. The van der Waals surface area contributed by atoms with Crippen molar-refractivity contribution < 1.29 is 24.1 Å². The molecule has 1 heterocycles. The van der Waals surface area contributed by atoms with E-state index in [1.807, 2.05) is 73.7 Å². The topological polar surface area (TPSA) is 57.2 Å². The Hall–Kier alpha value is -5.52. The number of aromatic hydroxyl groups is 1. The van der Waals surface area contributed by atoms with E-state index < -0.39 is 5.60 Å². The molecule has 5 nitrogen and oxygen atoms in total. The third-order valence-electron chi connectivity index (χ3n) is 8.25. The third kappa shape index (κ3) is 8.32. The second-order valence-electron chi connectivity index (χ2n) is 12.2. The van der Waals surface area contributed by atoms with Crippen molar-refractivity contribution in [2.75, 3.05) is 14.2 Å².